The molecule has 2 rings (SSSR count). The van der Waals surface area contributed by atoms with Gasteiger partial charge in [-0.25, -0.2) is 0 Å². The van der Waals surface area contributed by atoms with Crippen molar-refractivity contribution in [1.82, 2.24) is 4.90 Å². The second kappa shape index (κ2) is 4.23. The summed E-state index contributed by atoms with van der Waals surface area (Å²) < 4.78 is 0. The van der Waals surface area contributed by atoms with Crippen LogP contribution in [0.4, 0.5) is 0 Å². The molecule has 1 saturated heterocycles. The van der Waals surface area contributed by atoms with E-state index in [0.717, 1.165) is 13.1 Å². The van der Waals surface area contributed by atoms with Gasteiger partial charge in [0, 0.05) is 19.6 Å². The van der Waals surface area contributed by atoms with E-state index in [4.69, 9.17) is 11.5 Å². The second-order valence-electron chi connectivity index (χ2n) is 4.47. The highest BCUT2D eigenvalue weighted by atomic mass is 16.1. The van der Waals surface area contributed by atoms with Crippen molar-refractivity contribution in [3.05, 3.63) is 35.9 Å². The van der Waals surface area contributed by atoms with Gasteiger partial charge in [0.05, 0.1) is 0 Å². The average molecular weight is 219 g/mol. The van der Waals surface area contributed by atoms with Gasteiger partial charge < -0.3 is 11.5 Å². The lowest BCUT2D eigenvalue weighted by Crippen LogP contribution is -2.53. The number of nitrogens with two attached hydrogens (primary N) is 2. The van der Waals surface area contributed by atoms with E-state index in [1.54, 1.807) is 0 Å². The molecule has 0 unspecified atom stereocenters. The van der Waals surface area contributed by atoms with E-state index in [1.807, 2.05) is 18.2 Å². The Labute approximate surface area is 95.2 Å². The van der Waals surface area contributed by atoms with Crippen LogP contribution >= 0.6 is 0 Å². The Hall–Kier alpha value is -1.39. The molecule has 1 aliphatic heterocycles. The quantitative estimate of drug-likeness (QED) is 0.756. The van der Waals surface area contributed by atoms with E-state index in [9.17, 15) is 4.79 Å². The van der Waals surface area contributed by atoms with Gasteiger partial charge in [0.2, 0.25) is 5.91 Å². The van der Waals surface area contributed by atoms with Gasteiger partial charge in [-0.05, 0) is 12.0 Å². The van der Waals surface area contributed by atoms with Gasteiger partial charge in [0.25, 0.3) is 0 Å². The molecule has 1 heterocycles. The van der Waals surface area contributed by atoms with Gasteiger partial charge >= 0.3 is 0 Å². The average Bonchev–Trinajstić information content (AvgIpc) is 2.63. The van der Waals surface area contributed by atoms with Crippen LogP contribution in [-0.4, -0.2) is 29.4 Å². The third kappa shape index (κ3) is 2.23. The Morgan fingerprint density at radius 1 is 1.38 bits per heavy atom. The van der Waals surface area contributed by atoms with E-state index in [1.165, 1.54) is 5.56 Å². The van der Waals surface area contributed by atoms with Crippen LogP contribution < -0.4 is 11.5 Å². The Bertz CT molecular complexity index is 379. The number of likely N-dealkylation sites (tertiary alicyclic amines) is 1. The van der Waals surface area contributed by atoms with Crippen LogP contribution in [-0.2, 0) is 11.3 Å². The Morgan fingerprint density at radius 3 is 2.62 bits per heavy atom. The Balaban J connectivity index is 1.98. The zero-order chi connectivity index (χ0) is 11.6. The highest BCUT2D eigenvalue weighted by molar-refractivity contribution is 5.85. The minimum absolute atomic E-state index is 0.400. The maximum Gasteiger partial charge on any atom is 0.238 e. The number of carbonyl (C=O) groups excluding carboxylic acids is 1. The first kappa shape index (κ1) is 11.1. The fourth-order valence-electron chi connectivity index (χ4n) is 2.09. The Kier molecular flexibility index (Phi) is 2.94. The molecule has 16 heavy (non-hydrogen) atoms. The van der Waals surface area contributed by atoms with Gasteiger partial charge in [0.15, 0.2) is 0 Å². The van der Waals surface area contributed by atoms with Crippen LogP contribution in [0.5, 0.6) is 0 Å². The van der Waals surface area contributed by atoms with Gasteiger partial charge in [-0.3, -0.25) is 9.69 Å². The summed E-state index contributed by atoms with van der Waals surface area (Å²) in [6, 6.07) is 10.1. The molecule has 86 valence electrons. The molecule has 0 bridgehead atoms. The van der Waals surface area contributed by atoms with Crippen LogP contribution in [0.25, 0.3) is 0 Å². The summed E-state index contributed by atoms with van der Waals surface area (Å²) >= 11 is 0. The van der Waals surface area contributed by atoms with Crippen molar-refractivity contribution in [3.8, 4) is 0 Å². The van der Waals surface area contributed by atoms with Crippen molar-refractivity contribution in [2.24, 2.45) is 11.5 Å². The largest absolute Gasteiger partial charge is 0.368 e. The summed E-state index contributed by atoms with van der Waals surface area (Å²) in [5.41, 5.74) is 11.6. The molecule has 4 heteroatoms. The molecule has 4 nitrogen and oxygen atoms in total. The predicted molar refractivity (Wildman–Crippen MR) is 62.4 cm³/mol. The molecule has 0 saturated carbocycles. The number of primary amides is 1. The van der Waals surface area contributed by atoms with Gasteiger partial charge in [0.1, 0.15) is 5.54 Å². The third-order valence-electron chi connectivity index (χ3n) is 3.12. The molecule has 0 aliphatic carbocycles. The van der Waals surface area contributed by atoms with Gasteiger partial charge in [-0.2, -0.15) is 0 Å². The predicted octanol–water partition coefficient (Wildman–Crippen LogP) is 0.0751. The van der Waals surface area contributed by atoms with Crippen molar-refractivity contribution in [1.29, 1.82) is 0 Å². The van der Waals surface area contributed by atoms with Gasteiger partial charge in [-0.1, -0.05) is 30.3 Å². The fraction of sp³-hybridized carbons (Fsp3) is 0.417. The molecule has 1 atom stereocenters. The number of carbonyl (C=O) groups is 1. The first-order chi connectivity index (χ1) is 7.60. The standard InChI is InChI=1S/C12H17N3O/c13-11(16)12(14)6-7-15(9-12)8-10-4-2-1-3-5-10/h1-5H,6-9,14H2,(H2,13,16)/t12-/m0/s1. The van der Waals surface area contributed by atoms with E-state index in [0.29, 0.717) is 13.0 Å². The maximum atomic E-state index is 11.2. The SMILES string of the molecule is NC(=O)[C@]1(N)CCN(Cc2ccccc2)C1. The van der Waals surface area contributed by atoms with Crippen LogP contribution in [0, 0.1) is 0 Å². The van der Waals surface area contributed by atoms with Crippen molar-refractivity contribution < 1.29 is 4.79 Å². The summed E-state index contributed by atoms with van der Waals surface area (Å²) in [5, 5.41) is 0. The summed E-state index contributed by atoms with van der Waals surface area (Å²) in [6.45, 7) is 2.21. The molecule has 4 N–H and O–H groups in total. The van der Waals surface area contributed by atoms with Crippen LogP contribution in [0.2, 0.25) is 0 Å². The van der Waals surface area contributed by atoms with Crippen molar-refractivity contribution >= 4 is 5.91 Å². The van der Waals surface area contributed by atoms with E-state index < -0.39 is 11.4 Å². The molecule has 0 spiro atoms. The highest BCUT2D eigenvalue weighted by Gasteiger charge is 2.39. The summed E-state index contributed by atoms with van der Waals surface area (Å²) in [4.78, 5) is 13.4. The zero-order valence-electron chi connectivity index (χ0n) is 9.23. The number of benzene rings is 1. The first-order valence-electron chi connectivity index (χ1n) is 5.45. The number of nitrogens with zero attached hydrogens (tertiary/aromatic N) is 1. The van der Waals surface area contributed by atoms with Crippen molar-refractivity contribution in [2.45, 2.75) is 18.5 Å². The van der Waals surface area contributed by atoms with E-state index >= 15 is 0 Å². The van der Waals surface area contributed by atoms with Crippen LogP contribution in [0.3, 0.4) is 0 Å². The smallest absolute Gasteiger partial charge is 0.238 e. The molecular weight excluding hydrogens is 202 g/mol. The molecule has 0 radical (unpaired) electrons. The molecular formula is C12H17N3O. The minimum atomic E-state index is -0.839. The number of hydrogen-bond donors (Lipinski definition) is 2. The molecule has 0 aromatic heterocycles. The lowest BCUT2D eigenvalue weighted by Gasteiger charge is -2.20. The molecule has 1 amide bonds. The summed E-state index contributed by atoms with van der Waals surface area (Å²) in [6.07, 6.45) is 0.648. The van der Waals surface area contributed by atoms with E-state index in [2.05, 4.69) is 17.0 Å². The maximum absolute atomic E-state index is 11.2. The normalized spacial score (nSPS) is 25.8. The number of amides is 1. The van der Waals surface area contributed by atoms with Crippen molar-refractivity contribution in [3.63, 3.8) is 0 Å². The third-order valence-corrected chi connectivity index (χ3v) is 3.12. The van der Waals surface area contributed by atoms with Gasteiger partial charge in [-0.15, -0.1) is 0 Å². The first-order valence-corrected chi connectivity index (χ1v) is 5.45. The van der Waals surface area contributed by atoms with E-state index in [-0.39, 0.29) is 0 Å². The Morgan fingerprint density at radius 2 is 2.06 bits per heavy atom. The fourth-order valence-corrected chi connectivity index (χ4v) is 2.09. The number of hydrogen-bond acceptors (Lipinski definition) is 3. The highest BCUT2D eigenvalue weighted by Crippen LogP contribution is 2.20. The second-order valence-corrected chi connectivity index (χ2v) is 4.47. The van der Waals surface area contributed by atoms with Crippen molar-refractivity contribution in [2.75, 3.05) is 13.1 Å². The lowest BCUT2D eigenvalue weighted by atomic mass is 10.00. The zero-order valence-corrected chi connectivity index (χ0v) is 9.23. The topological polar surface area (TPSA) is 72.3 Å². The molecule has 1 aliphatic rings. The van der Waals surface area contributed by atoms with Crippen LogP contribution in [0.15, 0.2) is 30.3 Å². The molecule has 1 aromatic carbocycles. The number of rotatable bonds is 3. The molecule has 1 aromatic rings. The summed E-state index contributed by atoms with van der Waals surface area (Å²) in [5.74, 6) is -0.400. The van der Waals surface area contributed by atoms with Crippen LogP contribution in [0.1, 0.15) is 12.0 Å². The summed E-state index contributed by atoms with van der Waals surface area (Å²) in [7, 11) is 0. The monoisotopic (exact) mass is 219 g/mol. The minimum Gasteiger partial charge on any atom is -0.368 e. The lowest BCUT2D eigenvalue weighted by molar-refractivity contribution is -0.122. The molecule has 1 fully saturated rings.